The zero-order valence-electron chi connectivity index (χ0n) is 9.38. The molecule has 18 heavy (non-hydrogen) atoms. The maximum atomic E-state index is 12.2. The van der Waals surface area contributed by atoms with Crippen molar-refractivity contribution in [2.75, 3.05) is 5.73 Å². The number of rotatable bonds is 3. The first-order chi connectivity index (χ1) is 8.49. The predicted molar refractivity (Wildman–Crippen MR) is 73.7 cm³/mol. The van der Waals surface area contributed by atoms with Crippen LogP contribution in [0.15, 0.2) is 52.0 Å². The van der Waals surface area contributed by atoms with Crippen LogP contribution in [0.4, 0.5) is 5.69 Å². The number of hydrogen-bond donors (Lipinski definition) is 1. The molecule has 1 aromatic heterocycles. The zero-order chi connectivity index (χ0) is 13.2. The third-order valence-electron chi connectivity index (χ3n) is 2.37. The lowest BCUT2D eigenvalue weighted by Gasteiger charge is -2.07. The largest absolute Gasteiger partial charge is 0.398 e. The molecule has 0 unspecified atom stereocenters. The fraction of sp³-hybridized carbons (Fsp3) is 0.0833. The summed E-state index contributed by atoms with van der Waals surface area (Å²) in [7, 11) is -3.48. The van der Waals surface area contributed by atoms with E-state index in [0.29, 0.717) is 10.2 Å². The van der Waals surface area contributed by atoms with Crippen molar-refractivity contribution in [2.24, 2.45) is 0 Å². The molecule has 2 rings (SSSR count). The van der Waals surface area contributed by atoms with E-state index in [1.165, 1.54) is 6.07 Å². The molecule has 0 aliphatic rings. The predicted octanol–water partition coefficient (Wildman–Crippen LogP) is 2.40. The Morgan fingerprint density at radius 3 is 2.67 bits per heavy atom. The van der Waals surface area contributed by atoms with Gasteiger partial charge in [0.05, 0.1) is 22.0 Å². The molecule has 0 amide bonds. The number of anilines is 1. The van der Waals surface area contributed by atoms with Gasteiger partial charge in [-0.3, -0.25) is 4.98 Å². The average molecular weight is 327 g/mol. The minimum Gasteiger partial charge on any atom is -0.398 e. The average Bonchev–Trinajstić information content (AvgIpc) is 2.33. The van der Waals surface area contributed by atoms with E-state index >= 15 is 0 Å². The summed E-state index contributed by atoms with van der Waals surface area (Å²) >= 11 is 3.24. The first kappa shape index (κ1) is 13.0. The molecule has 0 aliphatic carbocycles. The van der Waals surface area contributed by atoms with Gasteiger partial charge in [-0.25, -0.2) is 8.42 Å². The molecule has 2 N–H and O–H groups in total. The van der Waals surface area contributed by atoms with Crippen LogP contribution < -0.4 is 5.73 Å². The van der Waals surface area contributed by atoms with Crippen molar-refractivity contribution in [3.8, 4) is 0 Å². The summed E-state index contributed by atoms with van der Waals surface area (Å²) in [5.41, 5.74) is 6.45. The van der Waals surface area contributed by atoms with Crippen LogP contribution in [0.5, 0.6) is 0 Å². The van der Waals surface area contributed by atoms with Crippen LogP contribution in [-0.2, 0) is 15.6 Å². The van der Waals surface area contributed by atoms with Gasteiger partial charge in [0.25, 0.3) is 0 Å². The lowest BCUT2D eigenvalue weighted by Crippen LogP contribution is -2.08. The third kappa shape index (κ3) is 2.88. The van der Waals surface area contributed by atoms with E-state index in [9.17, 15) is 8.42 Å². The number of halogens is 1. The Kier molecular flexibility index (Phi) is 3.68. The SMILES string of the molecule is Nc1ccc(Br)cc1S(=O)(=O)Cc1ccccn1. The summed E-state index contributed by atoms with van der Waals surface area (Å²) in [5, 5.41) is 0. The van der Waals surface area contributed by atoms with Gasteiger partial charge in [0.15, 0.2) is 9.84 Å². The third-order valence-corrected chi connectivity index (χ3v) is 4.57. The van der Waals surface area contributed by atoms with Crippen molar-refractivity contribution in [2.45, 2.75) is 10.6 Å². The summed E-state index contributed by atoms with van der Waals surface area (Å²) in [6.07, 6.45) is 1.56. The van der Waals surface area contributed by atoms with E-state index in [4.69, 9.17) is 5.73 Å². The van der Waals surface area contributed by atoms with Gasteiger partial charge in [0.1, 0.15) is 0 Å². The van der Waals surface area contributed by atoms with Gasteiger partial charge >= 0.3 is 0 Å². The van der Waals surface area contributed by atoms with E-state index in [-0.39, 0.29) is 16.3 Å². The van der Waals surface area contributed by atoms with Gasteiger partial charge in [0, 0.05) is 10.7 Å². The highest BCUT2D eigenvalue weighted by Crippen LogP contribution is 2.25. The molecule has 0 saturated carbocycles. The van der Waals surface area contributed by atoms with E-state index in [0.717, 1.165) is 0 Å². The summed E-state index contributed by atoms with van der Waals surface area (Å²) in [6, 6.07) is 9.94. The Labute approximate surface area is 114 Å². The molecule has 0 atom stereocenters. The minimum atomic E-state index is -3.48. The number of nitrogen functional groups attached to an aromatic ring is 1. The highest BCUT2D eigenvalue weighted by atomic mass is 79.9. The van der Waals surface area contributed by atoms with Gasteiger partial charge in [-0.15, -0.1) is 0 Å². The molecule has 0 fully saturated rings. The molecule has 2 aromatic rings. The standard InChI is InChI=1S/C12H11BrN2O2S/c13-9-4-5-11(14)12(7-9)18(16,17)8-10-3-1-2-6-15-10/h1-7H,8,14H2. The highest BCUT2D eigenvalue weighted by Gasteiger charge is 2.19. The Morgan fingerprint density at radius 1 is 1.22 bits per heavy atom. The Bertz CT molecular complexity index is 657. The normalized spacial score (nSPS) is 11.4. The quantitative estimate of drug-likeness (QED) is 0.879. The van der Waals surface area contributed by atoms with E-state index in [1.54, 1.807) is 36.5 Å². The monoisotopic (exact) mass is 326 g/mol. The molecule has 0 radical (unpaired) electrons. The molecule has 1 aromatic carbocycles. The Hall–Kier alpha value is -1.40. The second-order valence-electron chi connectivity index (χ2n) is 3.76. The lowest BCUT2D eigenvalue weighted by atomic mass is 10.3. The second-order valence-corrected chi connectivity index (χ2v) is 6.64. The van der Waals surface area contributed by atoms with Crippen LogP contribution in [0.1, 0.15) is 5.69 Å². The molecule has 1 heterocycles. The number of aromatic nitrogens is 1. The minimum absolute atomic E-state index is 0.127. The van der Waals surface area contributed by atoms with Gasteiger partial charge in [-0.2, -0.15) is 0 Å². The maximum absolute atomic E-state index is 12.2. The maximum Gasteiger partial charge on any atom is 0.186 e. The number of sulfone groups is 1. The van der Waals surface area contributed by atoms with Crippen molar-refractivity contribution in [3.63, 3.8) is 0 Å². The molecule has 94 valence electrons. The number of pyridine rings is 1. The first-order valence-electron chi connectivity index (χ1n) is 5.17. The van der Waals surface area contributed by atoms with Crippen LogP contribution in [0, 0.1) is 0 Å². The highest BCUT2D eigenvalue weighted by molar-refractivity contribution is 9.10. The zero-order valence-corrected chi connectivity index (χ0v) is 11.8. The van der Waals surface area contributed by atoms with E-state index < -0.39 is 9.84 Å². The summed E-state index contributed by atoms with van der Waals surface area (Å²) in [6.45, 7) is 0. The van der Waals surface area contributed by atoms with Crippen molar-refractivity contribution in [1.82, 2.24) is 4.98 Å². The fourth-order valence-electron chi connectivity index (χ4n) is 1.53. The number of hydrogen-bond acceptors (Lipinski definition) is 4. The van der Waals surface area contributed by atoms with Crippen LogP contribution >= 0.6 is 15.9 Å². The van der Waals surface area contributed by atoms with Gasteiger partial charge in [-0.05, 0) is 30.3 Å². The Balaban J connectivity index is 2.40. The number of nitrogens with zero attached hydrogens (tertiary/aromatic N) is 1. The van der Waals surface area contributed by atoms with Crippen LogP contribution in [0.25, 0.3) is 0 Å². The van der Waals surface area contributed by atoms with Crippen LogP contribution in [0.3, 0.4) is 0 Å². The van der Waals surface area contributed by atoms with Crippen molar-refractivity contribution in [1.29, 1.82) is 0 Å². The molecule has 0 spiro atoms. The van der Waals surface area contributed by atoms with Crippen LogP contribution in [-0.4, -0.2) is 13.4 Å². The van der Waals surface area contributed by atoms with Crippen molar-refractivity contribution in [3.05, 3.63) is 52.8 Å². The lowest BCUT2D eigenvalue weighted by molar-refractivity contribution is 0.595. The molecule has 0 saturated heterocycles. The smallest absolute Gasteiger partial charge is 0.186 e. The van der Waals surface area contributed by atoms with Crippen molar-refractivity contribution >= 4 is 31.5 Å². The fourth-order valence-corrected chi connectivity index (χ4v) is 3.50. The summed E-state index contributed by atoms with van der Waals surface area (Å²) < 4.78 is 25.1. The van der Waals surface area contributed by atoms with E-state index in [1.807, 2.05) is 0 Å². The summed E-state index contributed by atoms with van der Waals surface area (Å²) in [4.78, 5) is 4.14. The molecule has 0 bridgehead atoms. The van der Waals surface area contributed by atoms with Gasteiger partial charge in [-0.1, -0.05) is 22.0 Å². The first-order valence-corrected chi connectivity index (χ1v) is 7.61. The topological polar surface area (TPSA) is 73.1 Å². The van der Waals surface area contributed by atoms with Gasteiger partial charge in [0.2, 0.25) is 0 Å². The second kappa shape index (κ2) is 5.07. The number of benzene rings is 1. The van der Waals surface area contributed by atoms with E-state index in [2.05, 4.69) is 20.9 Å². The molecule has 6 heteroatoms. The molecular formula is C12H11BrN2O2S. The molecule has 4 nitrogen and oxygen atoms in total. The van der Waals surface area contributed by atoms with Crippen LogP contribution in [0.2, 0.25) is 0 Å². The summed E-state index contributed by atoms with van der Waals surface area (Å²) in [5.74, 6) is -0.158. The molecule has 0 aliphatic heterocycles. The molecular weight excluding hydrogens is 316 g/mol. The van der Waals surface area contributed by atoms with Gasteiger partial charge < -0.3 is 5.73 Å². The Morgan fingerprint density at radius 2 is 2.00 bits per heavy atom. The van der Waals surface area contributed by atoms with Crippen molar-refractivity contribution < 1.29 is 8.42 Å². The number of nitrogens with two attached hydrogens (primary N) is 1.